The number of likely N-dealkylation sites (tertiary alicyclic amines) is 1. The van der Waals surface area contributed by atoms with Gasteiger partial charge >= 0.3 is 0 Å². The van der Waals surface area contributed by atoms with Gasteiger partial charge in [0.05, 0.1) is 5.69 Å². The molecule has 7 nitrogen and oxygen atoms in total. The maximum atomic E-state index is 13.6. The van der Waals surface area contributed by atoms with E-state index in [0.29, 0.717) is 37.3 Å². The third-order valence-electron chi connectivity index (χ3n) is 6.11. The van der Waals surface area contributed by atoms with E-state index in [0.717, 1.165) is 17.8 Å². The predicted octanol–water partition coefficient (Wildman–Crippen LogP) is 2.55. The number of hydrogen-bond acceptors (Lipinski definition) is 4. The van der Waals surface area contributed by atoms with Crippen LogP contribution in [0.2, 0.25) is 0 Å². The Hall–Kier alpha value is -3.48. The van der Waals surface area contributed by atoms with Gasteiger partial charge in [-0.05, 0) is 43.5 Å². The van der Waals surface area contributed by atoms with Crippen LogP contribution in [0.5, 0.6) is 0 Å². The van der Waals surface area contributed by atoms with Crippen molar-refractivity contribution in [3.8, 4) is 0 Å². The molecule has 3 heterocycles. The van der Waals surface area contributed by atoms with Crippen LogP contribution in [0, 0.1) is 6.92 Å². The quantitative estimate of drug-likeness (QED) is 0.692. The number of amides is 2. The highest BCUT2D eigenvalue weighted by atomic mass is 16.2. The Morgan fingerprint density at radius 1 is 1.10 bits per heavy atom. The minimum absolute atomic E-state index is 0.0581. The highest BCUT2D eigenvalue weighted by Gasteiger charge is 2.45. The van der Waals surface area contributed by atoms with E-state index in [1.54, 1.807) is 24.3 Å². The predicted molar refractivity (Wildman–Crippen MR) is 118 cm³/mol. The van der Waals surface area contributed by atoms with Gasteiger partial charge in [0, 0.05) is 50.8 Å². The third-order valence-corrected chi connectivity index (χ3v) is 6.11. The molecule has 0 radical (unpaired) electrons. The Balaban J connectivity index is 1.65. The van der Waals surface area contributed by atoms with Crippen LogP contribution in [-0.2, 0) is 16.8 Å². The second-order valence-corrected chi connectivity index (χ2v) is 7.97. The number of aromatic nitrogens is 3. The summed E-state index contributed by atoms with van der Waals surface area (Å²) >= 11 is 0. The number of piperidine rings is 1. The van der Waals surface area contributed by atoms with Gasteiger partial charge in [-0.2, -0.15) is 0 Å². The molecule has 1 aromatic carbocycles. The fraction of sp³-hybridized carbons (Fsp3) is 0.333. The molecular formula is C24H27N5O2. The highest BCUT2D eigenvalue weighted by Crippen LogP contribution is 2.34. The van der Waals surface area contributed by atoms with Crippen LogP contribution in [-0.4, -0.2) is 51.4 Å². The van der Waals surface area contributed by atoms with Crippen molar-refractivity contribution in [2.24, 2.45) is 0 Å². The van der Waals surface area contributed by atoms with E-state index in [4.69, 9.17) is 0 Å². The first-order chi connectivity index (χ1) is 15.0. The van der Waals surface area contributed by atoms with E-state index < -0.39 is 5.41 Å². The van der Waals surface area contributed by atoms with Crippen LogP contribution in [0.25, 0.3) is 0 Å². The summed E-state index contributed by atoms with van der Waals surface area (Å²) in [6, 6.07) is 13.3. The lowest BCUT2D eigenvalue weighted by Gasteiger charge is -2.41. The van der Waals surface area contributed by atoms with E-state index in [2.05, 4.69) is 15.3 Å². The molecule has 31 heavy (non-hydrogen) atoms. The Kier molecular flexibility index (Phi) is 5.84. The minimum atomic E-state index is -0.847. The smallest absolute Gasteiger partial charge is 0.254 e. The molecule has 4 rings (SSSR count). The monoisotopic (exact) mass is 417 g/mol. The molecule has 0 bridgehead atoms. The van der Waals surface area contributed by atoms with E-state index in [1.807, 2.05) is 60.2 Å². The number of rotatable bonds is 5. The largest absolute Gasteiger partial charge is 0.358 e. The average molecular weight is 418 g/mol. The molecule has 2 aromatic heterocycles. The van der Waals surface area contributed by atoms with Crippen molar-refractivity contribution in [2.75, 3.05) is 20.1 Å². The molecule has 0 unspecified atom stereocenters. The van der Waals surface area contributed by atoms with Gasteiger partial charge in [0.1, 0.15) is 11.2 Å². The second kappa shape index (κ2) is 8.71. The van der Waals surface area contributed by atoms with Crippen molar-refractivity contribution in [1.82, 2.24) is 24.8 Å². The first kappa shape index (κ1) is 20.8. The fourth-order valence-corrected chi connectivity index (χ4v) is 4.42. The number of carbonyl (C=O) groups is 2. The molecule has 2 amide bonds. The van der Waals surface area contributed by atoms with E-state index in [-0.39, 0.29) is 11.8 Å². The van der Waals surface area contributed by atoms with Gasteiger partial charge in [0.25, 0.3) is 5.91 Å². The normalized spacial score (nSPS) is 18.6. The first-order valence-corrected chi connectivity index (χ1v) is 10.5. The van der Waals surface area contributed by atoms with Crippen LogP contribution in [0.1, 0.15) is 40.3 Å². The Morgan fingerprint density at radius 2 is 1.90 bits per heavy atom. The standard InChI is InChI=1S/C24H27N5O2/c1-18-26-13-15-28(18)16-19-8-3-4-9-20(19)22(30)29-14-7-11-24(17-29,23(31)25-2)21-10-5-6-12-27-21/h3-6,8-10,12-13,15H,7,11,14,16-17H2,1-2H3,(H,25,31)/t24-/m1/s1. The number of carbonyl (C=O) groups excluding carboxylic acids is 2. The van der Waals surface area contributed by atoms with Gasteiger partial charge in [-0.1, -0.05) is 24.3 Å². The average Bonchev–Trinajstić information content (AvgIpc) is 3.23. The lowest BCUT2D eigenvalue weighted by Crippen LogP contribution is -2.56. The van der Waals surface area contributed by atoms with Crippen molar-refractivity contribution in [3.63, 3.8) is 0 Å². The van der Waals surface area contributed by atoms with Gasteiger partial charge in [-0.3, -0.25) is 14.6 Å². The lowest BCUT2D eigenvalue weighted by molar-refractivity contribution is -0.128. The van der Waals surface area contributed by atoms with Crippen molar-refractivity contribution < 1.29 is 9.59 Å². The summed E-state index contributed by atoms with van der Waals surface area (Å²) in [4.78, 5) is 37.2. The summed E-state index contributed by atoms with van der Waals surface area (Å²) in [6.45, 7) is 3.44. The Labute approximate surface area is 182 Å². The number of hydrogen-bond donors (Lipinski definition) is 1. The highest BCUT2D eigenvalue weighted by molar-refractivity contribution is 5.97. The molecule has 1 N–H and O–H groups in total. The van der Waals surface area contributed by atoms with Crippen molar-refractivity contribution in [1.29, 1.82) is 0 Å². The second-order valence-electron chi connectivity index (χ2n) is 7.97. The van der Waals surface area contributed by atoms with Crippen LogP contribution in [0.15, 0.2) is 61.1 Å². The molecular weight excluding hydrogens is 390 g/mol. The number of aryl methyl sites for hydroxylation is 1. The fourth-order valence-electron chi connectivity index (χ4n) is 4.42. The van der Waals surface area contributed by atoms with Gasteiger partial charge in [-0.25, -0.2) is 4.98 Å². The first-order valence-electron chi connectivity index (χ1n) is 10.5. The summed E-state index contributed by atoms with van der Waals surface area (Å²) in [5.41, 5.74) is 1.45. The maximum Gasteiger partial charge on any atom is 0.254 e. The van der Waals surface area contributed by atoms with E-state index >= 15 is 0 Å². The number of nitrogens with zero attached hydrogens (tertiary/aromatic N) is 4. The van der Waals surface area contributed by atoms with E-state index in [1.165, 1.54) is 0 Å². The topological polar surface area (TPSA) is 80.1 Å². The molecule has 0 spiro atoms. The third kappa shape index (κ3) is 3.95. The number of pyridine rings is 1. The minimum Gasteiger partial charge on any atom is -0.358 e. The SMILES string of the molecule is CNC(=O)[C@]1(c2ccccn2)CCCN(C(=O)c2ccccc2Cn2ccnc2C)C1. The van der Waals surface area contributed by atoms with Crippen LogP contribution < -0.4 is 5.32 Å². The molecule has 7 heteroatoms. The molecule has 0 aliphatic carbocycles. The van der Waals surface area contributed by atoms with Crippen LogP contribution in [0.3, 0.4) is 0 Å². The molecule has 1 aliphatic rings. The molecule has 3 aromatic rings. The summed E-state index contributed by atoms with van der Waals surface area (Å²) in [7, 11) is 1.64. The summed E-state index contributed by atoms with van der Waals surface area (Å²) < 4.78 is 2.02. The Bertz CT molecular complexity index is 1080. The molecule has 0 saturated carbocycles. The van der Waals surface area contributed by atoms with Crippen LogP contribution in [0.4, 0.5) is 0 Å². The molecule has 1 aliphatic heterocycles. The summed E-state index contributed by atoms with van der Waals surface area (Å²) in [6.07, 6.45) is 6.76. The van der Waals surface area contributed by atoms with Gasteiger partial charge in [0.2, 0.25) is 5.91 Å². The molecule has 160 valence electrons. The zero-order valence-corrected chi connectivity index (χ0v) is 17.9. The zero-order valence-electron chi connectivity index (χ0n) is 17.9. The molecule has 1 saturated heterocycles. The number of benzene rings is 1. The van der Waals surface area contributed by atoms with E-state index in [9.17, 15) is 9.59 Å². The van der Waals surface area contributed by atoms with Crippen molar-refractivity contribution in [2.45, 2.75) is 31.7 Å². The van der Waals surface area contributed by atoms with Crippen molar-refractivity contribution in [3.05, 3.63) is 83.7 Å². The Morgan fingerprint density at radius 3 is 2.61 bits per heavy atom. The van der Waals surface area contributed by atoms with Gasteiger partial charge < -0.3 is 14.8 Å². The number of nitrogens with one attached hydrogen (secondary N) is 1. The molecule has 1 atom stereocenters. The summed E-state index contributed by atoms with van der Waals surface area (Å²) in [5.74, 6) is 0.734. The van der Waals surface area contributed by atoms with Crippen LogP contribution >= 0.6 is 0 Å². The van der Waals surface area contributed by atoms with Crippen molar-refractivity contribution >= 4 is 11.8 Å². The zero-order chi connectivity index (χ0) is 21.8. The number of likely N-dealkylation sites (N-methyl/N-ethyl adjacent to an activating group) is 1. The number of imidazole rings is 1. The maximum absolute atomic E-state index is 13.6. The molecule has 1 fully saturated rings. The van der Waals surface area contributed by atoms with Gasteiger partial charge in [0.15, 0.2) is 0 Å². The van der Waals surface area contributed by atoms with Gasteiger partial charge in [-0.15, -0.1) is 0 Å². The summed E-state index contributed by atoms with van der Waals surface area (Å²) in [5, 5.41) is 2.79. The lowest BCUT2D eigenvalue weighted by atomic mass is 9.75.